The first-order valence-corrected chi connectivity index (χ1v) is 9.40. The predicted octanol–water partition coefficient (Wildman–Crippen LogP) is 2.37. The zero-order valence-corrected chi connectivity index (χ0v) is 14.8. The van der Waals surface area contributed by atoms with Crippen molar-refractivity contribution in [3.05, 3.63) is 0 Å². The second-order valence-corrected chi connectivity index (χ2v) is 9.38. The van der Waals surface area contributed by atoms with E-state index < -0.39 is 38.5 Å². The molecule has 0 amide bonds. The summed E-state index contributed by atoms with van der Waals surface area (Å²) in [5.74, 6) is -1.81. The molecule has 0 aliphatic heterocycles. The van der Waals surface area contributed by atoms with Crippen molar-refractivity contribution >= 4 is 16.1 Å². The van der Waals surface area contributed by atoms with Crippen LogP contribution in [-0.2, 0) is 19.6 Å². The van der Waals surface area contributed by atoms with E-state index in [-0.39, 0.29) is 12.3 Å². The van der Waals surface area contributed by atoms with E-state index in [1.54, 1.807) is 13.8 Å². The van der Waals surface area contributed by atoms with Gasteiger partial charge < -0.3 is 9.84 Å². The Hall–Kier alpha value is -0.800. The summed E-state index contributed by atoms with van der Waals surface area (Å²) in [6, 6.07) is 0. The molecule has 0 aromatic rings. The second kappa shape index (κ2) is 5.88. The van der Waals surface area contributed by atoms with E-state index in [2.05, 4.69) is 6.92 Å². The molecule has 4 unspecified atom stereocenters. The number of carbonyl (C=O) groups is 1. The van der Waals surface area contributed by atoms with Gasteiger partial charge in [0, 0.05) is 5.41 Å². The maximum Gasteiger partial charge on any atom is 0.465 e. The molecule has 2 aliphatic rings. The molecule has 140 valence electrons. The fourth-order valence-electron chi connectivity index (χ4n) is 4.44. The Morgan fingerprint density at radius 2 is 1.79 bits per heavy atom. The van der Waals surface area contributed by atoms with Gasteiger partial charge in [0.2, 0.25) is 0 Å². The lowest BCUT2D eigenvalue weighted by atomic mass is 9.53. The molecular weight excluding hydrogens is 346 g/mol. The number of halogens is 2. The topological polar surface area (TPSA) is 101 Å². The van der Waals surface area contributed by atoms with E-state index >= 15 is 0 Å². The van der Waals surface area contributed by atoms with Crippen molar-refractivity contribution in [2.45, 2.75) is 69.8 Å². The fourth-order valence-corrected chi connectivity index (χ4v) is 4.70. The van der Waals surface area contributed by atoms with Gasteiger partial charge in [-0.1, -0.05) is 6.92 Å². The third-order valence-electron chi connectivity index (χ3n) is 5.50. The normalized spacial score (nSPS) is 34.7. The van der Waals surface area contributed by atoms with Gasteiger partial charge in [0.25, 0.3) is 0 Å². The molecule has 2 fully saturated rings. The molecule has 9 heteroatoms. The molecule has 0 spiro atoms. The Balaban J connectivity index is 2.21. The molecule has 4 atom stereocenters. The predicted molar refractivity (Wildman–Crippen MR) is 80.8 cm³/mol. The Morgan fingerprint density at radius 1 is 1.21 bits per heavy atom. The van der Waals surface area contributed by atoms with Gasteiger partial charge >= 0.3 is 21.3 Å². The van der Waals surface area contributed by atoms with Crippen molar-refractivity contribution in [2.75, 3.05) is 0 Å². The minimum atomic E-state index is -5.88. The molecule has 0 aromatic carbocycles. The fraction of sp³-hybridized carbons (Fsp3) is 0.933. The molecular formula is C15H24F2O6S. The lowest BCUT2D eigenvalue weighted by molar-refractivity contribution is -0.186. The highest BCUT2D eigenvalue weighted by atomic mass is 32.2. The molecule has 2 bridgehead atoms. The number of esters is 1. The summed E-state index contributed by atoms with van der Waals surface area (Å²) in [4.78, 5) is 11.5. The standard InChI is InChI=1S/C15H24F2O6S/c1-9-4-10-5-11(8-14(6-9,7-10)13(2,3)19)23-12(18)15(16,17)24(20,21)22/h9-11,19H,4-8H2,1-3H3,(H,20,21,22). The van der Waals surface area contributed by atoms with Crippen LogP contribution in [0.5, 0.6) is 0 Å². The van der Waals surface area contributed by atoms with Crippen LogP contribution >= 0.6 is 0 Å². The summed E-state index contributed by atoms with van der Waals surface area (Å²) in [6.07, 6.45) is 1.84. The first-order valence-electron chi connectivity index (χ1n) is 7.96. The first-order chi connectivity index (χ1) is 10.7. The summed E-state index contributed by atoms with van der Waals surface area (Å²) in [5.41, 5.74) is -1.66. The lowest BCUT2D eigenvalue weighted by Gasteiger charge is -2.55. The minimum Gasteiger partial charge on any atom is -0.457 e. The third-order valence-corrected chi connectivity index (χ3v) is 6.32. The molecule has 24 heavy (non-hydrogen) atoms. The van der Waals surface area contributed by atoms with E-state index in [9.17, 15) is 27.1 Å². The Labute approximate surface area is 140 Å². The van der Waals surface area contributed by atoms with E-state index in [1.165, 1.54) is 0 Å². The van der Waals surface area contributed by atoms with Crippen molar-refractivity contribution in [3.63, 3.8) is 0 Å². The number of ether oxygens (including phenoxy) is 1. The lowest BCUT2D eigenvalue weighted by Crippen LogP contribution is -2.54. The molecule has 2 aliphatic carbocycles. The number of hydrogen-bond acceptors (Lipinski definition) is 5. The van der Waals surface area contributed by atoms with Crippen molar-refractivity contribution in [1.82, 2.24) is 0 Å². The quantitative estimate of drug-likeness (QED) is 0.582. The van der Waals surface area contributed by atoms with Gasteiger partial charge in [-0.2, -0.15) is 17.2 Å². The molecule has 2 N–H and O–H groups in total. The van der Waals surface area contributed by atoms with Crippen LogP contribution in [0.25, 0.3) is 0 Å². The monoisotopic (exact) mass is 370 g/mol. The van der Waals surface area contributed by atoms with Crippen LogP contribution in [0.2, 0.25) is 0 Å². The molecule has 0 saturated heterocycles. The third kappa shape index (κ3) is 3.43. The van der Waals surface area contributed by atoms with Gasteiger partial charge in [0.05, 0.1) is 5.60 Å². The van der Waals surface area contributed by atoms with Crippen molar-refractivity contribution in [1.29, 1.82) is 0 Å². The SMILES string of the molecule is CC1CC2CC(OC(=O)C(F)(F)S(=O)(=O)O)CC(C(C)(C)O)(C1)C2. The second-order valence-electron chi connectivity index (χ2n) is 7.91. The van der Waals surface area contributed by atoms with Gasteiger partial charge in [-0.3, -0.25) is 4.55 Å². The van der Waals surface area contributed by atoms with Crippen molar-refractivity contribution in [2.24, 2.45) is 17.3 Å². The minimum absolute atomic E-state index is 0.103. The number of rotatable bonds is 4. The zero-order valence-electron chi connectivity index (χ0n) is 14.0. The molecule has 0 radical (unpaired) electrons. The zero-order chi connectivity index (χ0) is 18.6. The molecule has 2 rings (SSSR count). The number of hydrogen-bond donors (Lipinski definition) is 2. The first kappa shape index (κ1) is 19.5. The number of aliphatic hydroxyl groups is 1. The van der Waals surface area contributed by atoms with E-state index in [1.807, 2.05) is 0 Å². The van der Waals surface area contributed by atoms with Gasteiger partial charge in [-0.25, -0.2) is 4.79 Å². The average molecular weight is 370 g/mol. The Morgan fingerprint density at radius 3 is 2.29 bits per heavy atom. The summed E-state index contributed by atoms with van der Waals surface area (Å²) in [5, 5.41) is 5.59. The smallest absolute Gasteiger partial charge is 0.457 e. The average Bonchev–Trinajstić information content (AvgIpc) is 2.34. The highest BCUT2D eigenvalue weighted by Crippen LogP contribution is 2.56. The number of fused-ring (bicyclic) bond motifs is 2. The van der Waals surface area contributed by atoms with Crippen LogP contribution in [0.3, 0.4) is 0 Å². The largest absolute Gasteiger partial charge is 0.465 e. The van der Waals surface area contributed by atoms with Gasteiger partial charge in [0.15, 0.2) is 0 Å². The Bertz CT molecular complexity index is 608. The van der Waals surface area contributed by atoms with Crippen LogP contribution in [0.15, 0.2) is 0 Å². The van der Waals surface area contributed by atoms with Crippen LogP contribution < -0.4 is 0 Å². The van der Waals surface area contributed by atoms with Crippen LogP contribution in [-0.4, -0.2) is 41.0 Å². The van der Waals surface area contributed by atoms with Gasteiger partial charge in [0.1, 0.15) is 6.10 Å². The Kier molecular flexibility index (Phi) is 4.78. The summed E-state index contributed by atoms with van der Waals surface area (Å²) in [7, 11) is -5.88. The van der Waals surface area contributed by atoms with Crippen LogP contribution in [0, 0.1) is 17.3 Å². The van der Waals surface area contributed by atoms with Crippen LogP contribution in [0.1, 0.15) is 52.9 Å². The summed E-state index contributed by atoms with van der Waals surface area (Å²) < 4.78 is 61.4. The highest BCUT2D eigenvalue weighted by molar-refractivity contribution is 7.87. The summed E-state index contributed by atoms with van der Waals surface area (Å²) >= 11 is 0. The molecule has 2 saturated carbocycles. The maximum atomic E-state index is 13.4. The van der Waals surface area contributed by atoms with E-state index in [4.69, 9.17) is 9.29 Å². The number of alkyl halides is 2. The van der Waals surface area contributed by atoms with E-state index in [0.717, 1.165) is 6.42 Å². The number of carbonyl (C=O) groups excluding carboxylic acids is 1. The van der Waals surface area contributed by atoms with Crippen molar-refractivity contribution in [3.8, 4) is 0 Å². The maximum absolute atomic E-state index is 13.4. The van der Waals surface area contributed by atoms with Crippen molar-refractivity contribution < 1.29 is 36.4 Å². The molecule has 0 heterocycles. The molecule has 6 nitrogen and oxygen atoms in total. The highest BCUT2D eigenvalue weighted by Gasteiger charge is 2.57. The molecule has 0 aromatic heterocycles. The van der Waals surface area contributed by atoms with Crippen LogP contribution in [0.4, 0.5) is 8.78 Å². The van der Waals surface area contributed by atoms with Gasteiger partial charge in [-0.15, -0.1) is 0 Å². The summed E-state index contributed by atoms with van der Waals surface area (Å²) in [6.45, 7) is 5.36. The van der Waals surface area contributed by atoms with E-state index in [0.29, 0.717) is 25.2 Å². The van der Waals surface area contributed by atoms with Gasteiger partial charge in [-0.05, 0) is 57.8 Å².